The number of pyridine rings is 1. The van der Waals surface area contributed by atoms with Gasteiger partial charge in [0.2, 0.25) is 0 Å². The fourth-order valence-corrected chi connectivity index (χ4v) is 2.19. The zero-order valence-corrected chi connectivity index (χ0v) is 12.2. The molecule has 2 rings (SSSR count). The fraction of sp³-hybridized carbons (Fsp3) is 0.312. The van der Waals surface area contributed by atoms with E-state index in [0.717, 1.165) is 18.5 Å². The summed E-state index contributed by atoms with van der Waals surface area (Å²) in [5, 5.41) is 14.4. The van der Waals surface area contributed by atoms with Gasteiger partial charge >= 0.3 is 0 Å². The Balaban J connectivity index is 1.96. The molecule has 0 saturated carbocycles. The van der Waals surface area contributed by atoms with Gasteiger partial charge in [-0.2, -0.15) is 0 Å². The van der Waals surface area contributed by atoms with Gasteiger partial charge in [-0.05, 0) is 50.1 Å². The third-order valence-corrected chi connectivity index (χ3v) is 3.54. The molecule has 21 heavy (non-hydrogen) atoms. The predicted molar refractivity (Wildman–Crippen MR) is 82.2 cm³/mol. The highest BCUT2D eigenvalue weighted by Crippen LogP contribution is 2.23. The predicted octanol–water partition coefficient (Wildman–Crippen LogP) is 3.19. The molecule has 1 N–H and O–H groups in total. The van der Waals surface area contributed by atoms with Crippen molar-refractivity contribution < 1.29 is 4.92 Å². The average Bonchev–Trinajstić information content (AvgIpc) is 2.48. The van der Waals surface area contributed by atoms with Crippen LogP contribution >= 0.6 is 0 Å². The molecule has 0 aliphatic carbocycles. The van der Waals surface area contributed by atoms with Gasteiger partial charge in [-0.25, -0.2) is 0 Å². The summed E-state index contributed by atoms with van der Waals surface area (Å²) >= 11 is 0. The lowest BCUT2D eigenvalue weighted by atomic mass is 10.0. The second-order valence-corrected chi connectivity index (χ2v) is 5.08. The van der Waals surface area contributed by atoms with E-state index in [1.54, 1.807) is 31.5 Å². The highest BCUT2D eigenvalue weighted by Gasteiger charge is 2.13. The molecule has 1 unspecified atom stereocenters. The standard InChI is InChI=1S/C16H19N3O2/c1-12-3-4-15(11-16(12)19(20)21)13(2)18-10-7-14-5-8-17-9-6-14/h3-6,8-9,11,13,18H,7,10H2,1-2H3. The first kappa shape index (κ1) is 15.1. The fourth-order valence-electron chi connectivity index (χ4n) is 2.19. The zero-order chi connectivity index (χ0) is 15.2. The number of nitrogens with zero attached hydrogens (tertiary/aromatic N) is 2. The third-order valence-electron chi connectivity index (χ3n) is 3.54. The minimum Gasteiger partial charge on any atom is -0.310 e. The molecule has 1 atom stereocenters. The number of hydrogen-bond donors (Lipinski definition) is 1. The van der Waals surface area contributed by atoms with E-state index in [1.165, 1.54) is 5.56 Å². The number of aromatic nitrogens is 1. The first-order valence-corrected chi connectivity index (χ1v) is 6.95. The summed E-state index contributed by atoms with van der Waals surface area (Å²) in [5.74, 6) is 0. The van der Waals surface area contributed by atoms with Gasteiger partial charge in [0.05, 0.1) is 4.92 Å². The van der Waals surface area contributed by atoms with Crippen LogP contribution in [0.1, 0.15) is 29.7 Å². The van der Waals surface area contributed by atoms with Crippen molar-refractivity contribution in [1.82, 2.24) is 10.3 Å². The van der Waals surface area contributed by atoms with E-state index in [0.29, 0.717) is 5.56 Å². The first-order valence-electron chi connectivity index (χ1n) is 6.95. The molecule has 0 spiro atoms. The second-order valence-electron chi connectivity index (χ2n) is 5.08. The van der Waals surface area contributed by atoms with Crippen LogP contribution in [0.2, 0.25) is 0 Å². The van der Waals surface area contributed by atoms with Crippen molar-refractivity contribution in [2.75, 3.05) is 6.54 Å². The van der Waals surface area contributed by atoms with Crippen molar-refractivity contribution in [1.29, 1.82) is 0 Å². The summed E-state index contributed by atoms with van der Waals surface area (Å²) in [5.41, 5.74) is 3.02. The van der Waals surface area contributed by atoms with Crippen molar-refractivity contribution in [2.45, 2.75) is 26.3 Å². The number of rotatable bonds is 6. The van der Waals surface area contributed by atoms with E-state index in [2.05, 4.69) is 10.3 Å². The summed E-state index contributed by atoms with van der Waals surface area (Å²) < 4.78 is 0. The molecule has 1 aromatic heterocycles. The Labute approximate surface area is 124 Å². The summed E-state index contributed by atoms with van der Waals surface area (Å²) in [6.45, 7) is 4.58. The van der Waals surface area contributed by atoms with Crippen molar-refractivity contribution in [2.24, 2.45) is 0 Å². The molecule has 0 aliphatic rings. The van der Waals surface area contributed by atoms with Gasteiger partial charge < -0.3 is 5.32 Å². The summed E-state index contributed by atoms with van der Waals surface area (Å²) in [7, 11) is 0. The van der Waals surface area contributed by atoms with Crippen LogP contribution in [-0.2, 0) is 6.42 Å². The molecule has 0 aliphatic heterocycles. The zero-order valence-electron chi connectivity index (χ0n) is 12.2. The summed E-state index contributed by atoms with van der Waals surface area (Å²) in [4.78, 5) is 14.6. The van der Waals surface area contributed by atoms with Gasteiger partial charge in [-0.15, -0.1) is 0 Å². The van der Waals surface area contributed by atoms with Crippen LogP contribution in [0.5, 0.6) is 0 Å². The lowest BCUT2D eigenvalue weighted by Crippen LogP contribution is -2.21. The van der Waals surface area contributed by atoms with Gasteiger partial charge in [0, 0.05) is 30.1 Å². The number of aryl methyl sites for hydroxylation is 1. The Morgan fingerprint density at radius 3 is 2.67 bits per heavy atom. The maximum Gasteiger partial charge on any atom is 0.272 e. The highest BCUT2D eigenvalue weighted by molar-refractivity contribution is 5.43. The number of nitro groups is 1. The second kappa shape index (κ2) is 6.95. The smallest absolute Gasteiger partial charge is 0.272 e. The average molecular weight is 285 g/mol. The molecular weight excluding hydrogens is 266 g/mol. The molecule has 1 heterocycles. The molecule has 5 heteroatoms. The Hall–Kier alpha value is -2.27. The number of benzene rings is 1. The van der Waals surface area contributed by atoms with Crippen molar-refractivity contribution in [3.05, 3.63) is 69.5 Å². The van der Waals surface area contributed by atoms with Gasteiger partial charge in [0.1, 0.15) is 0 Å². The number of nitrogens with one attached hydrogen (secondary N) is 1. The largest absolute Gasteiger partial charge is 0.310 e. The van der Waals surface area contributed by atoms with E-state index in [9.17, 15) is 10.1 Å². The molecule has 0 fully saturated rings. The molecule has 0 saturated heterocycles. The molecule has 110 valence electrons. The van der Waals surface area contributed by atoms with E-state index >= 15 is 0 Å². The SMILES string of the molecule is Cc1ccc(C(C)NCCc2ccncc2)cc1[N+](=O)[O-]. The van der Waals surface area contributed by atoms with E-state index in [1.807, 2.05) is 25.1 Å². The van der Waals surface area contributed by atoms with Crippen LogP contribution < -0.4 is 5.32 Å². The molecule has 0 bridgehead atoms. The Morgan fingerprint density at radius 1 is 1.29 bits per heavy atom. The van der Waals surface area contributed by atoms with Crippen molar-refractivity contribution in [3.8, 4) is 0 Å². The van der Waals surface area contributed by atoms with Crippen LogP contribution in [0, 0.1) is 17.0 Å². The van der Waals surface area contributed by atoms with Crippen LogP contribution in [0.3, 0.4) is 0 Å². The third kappa shape index (κ3) is 4.10. The lowest BCUT2D eigenvalue weighted by Gasteiger charge is -2.14. The maximum absolute atomic E-state index is 11.0. The first-order chi connectivity index (χ1) is 10.1. The Kier molecular flexibility index (Phi) is 5.00. The normalized spacial score (nSPS) is 12.1. The van der Waals surface area contributed by atoms with Crippen LogP contribution in [0.25, 0.3) is 0 Å². The van der Waals surface area contributed by atoms with Crippen LogP contribution in [0.15, 0.2) is 42.7 Å². The maximum atomic E-state index is 11.0. The molecule has 0 amide bonds. The lowest BCUT2D eigenvalue weighted by molar-refractivity contribution is -0.385. The summed E-state index contributed by atoms with van der Waals surface area (Å²) in [6, 6.07) is 9.44. The molecular formula is C16H19N3O2. The van der Waals surface area contributed by atoms with Gasteiger partial charge in [0.15, 0.2) is 0 Å². The molecule has 2 aromatic rings. The molecule has 0 radical (unpaired) electrons. The van der Waals surface area contributed by atoms with E-state index in [-0.39, 0.29) is 16.7 Å². The van der Waals surface area contributed by atoms with Crippen molar-refractivity contribution >= 4 is 5.69 Å². The van der Waals surface area contributed by atoms with Gasteiger partial charge in [-0.3, -0.25) is 15.1 Å². The van der Waals surface area contributed by atoms with Crippen LogP contribution in [0.4, 0.5) is 5.69 Å². The van der Waals surface area contributed by atoms with Gasteiger partial charge in [0.25, 0.3) is 5.69 Å². The van der Waals surface area contributed by atoms with Crippen LogP contribution in [-0.4, -0.2) is 16.5 Å². The van der Waals surface area contributed by atoms with E-state index < -0.39 is 0 Å². The monoisotopic (exact) mass is 285 g/mol. The topological polar surface area (TPSA) is 68.1 Å². The Morgan fingerprint density at radius 2 is 2.00 bits per heavy atom. The quantitative estimate of drug-likeness (QED) is 0.653. The molecule has 1 aromatic carbocycles. The number of hydrogen-bond acceptors (Lipinski definition) is 4. The minimum absolute atomic E-state index is 0.0751. The van der Waals surface area contributed by atoms with Crippen molar-refractivity contribution in [3.63, 3.8) is 0 Å². The summed E-state index contributed by atoms with van der Waals surface area (Å²) in [6.07, 6.45) is 4.46. The minimum atomic E-state index is -0.331. The van der Waals surface area contributed by atoms with Gasteiger partial charge in [-0.1, -0.05) is 12.1 Å². The van der Waals surface area contributed by atoms with E-state index in [4.69, 9.17) is 0 Å². The molecule has 5 nitrogen and oxygen atoms in total. The highest BCUT2D eigenvalue weighted by atomic mass is 16.6. The Bertz CT molecular complexity index is 614. The number of nitro benzene ring substituents is 1.